The summed E-state index contributed by atoms with van der Waals surface area (Å²) < 4.78 is 25.8. The van der Waals surface area contributed by atoms with Crippen LogP contribution in [0.2, 0.25) is 5.02 Å². The van der Waals surface area contributed by atoms with Crippen molar-refractivity contribution in [1.29, 1.82) is 0 Å². The zero-order valence-electron chi connectivity index (χ0n) is 15.0. The lowest BCUT2D eigenvalue weighted by atomic mass is 9.77. The molecule has 28 heavy (non-hydrogen) atoms. The third-order valence-corrected chi connectivity index (χ3v) is 5.32. The zero-order chi connectivity index (χ0) is 19.9. The summed E-state index contributed by atoms with van der Waals surface area (Å²) >= 11 is 5.79. The monoisotopic (exact) mass is 404 g/mol. The van der Waals surface area contributed by atoms with Crippen molar-refractivity contribution in [3.05, 3.63) is 58.6 Å². The quantitative estimate of drug-likeness (QED) is 0.819. The first-order valence-electron chi connectivity index (χ1n) is 8.69. The molecule has 3 atom stereocenters. The number of carbonyl (C=O) groups is 1. The molecule has 146 valence electrons. The summed E-state index contributed by atoms with van der Waals surface area (Å²) in [6.07, 6.45) is 1.09. The van der Waals surface area contributed by atoms with Crippen LogP contribution in [0, 0.1) is 11.7 Å². The van der Waals surface area contributed by atoms with Crippen LogP contribution in [0.15, 0.2) is 41.5 Å². The van der Waals surface area contributed by atoms with Crippen molar-refractivity contribution in [2.24, 2.45) is 16.6 Å². The summed E-state index contributed by atoms with van der Waals surface area (Å²) in [6, 6.07) is 7.39. The van der Waals surface area contributed by atoms with Gasteiger partial charge >= 0.3 is 0 Å². The van der Waals surface area contributed by atoms with Crippen LogP contribution < -0.4 is 11.1 Å². The van der Waals surface area contributed by atoms with E-state index in [2.05, 4.69) is 15.3 Å². The van der Waals surface area contributed by atoms with E-state index in [1.165, 1.54) is 24.4 Å². The Bertz CT molecular complexity index is 953. The number of hydrogen-bond acceptors (Lipinski definition) is 6. The maximum absolute atomic E-state index is 14.8. The molecule has 2 aromatic rings. The van der Waals surface area contributed by atoms with E-state index in [1.54, 1.807) is 19.1 Å². The molecular formula is C19H18ClFN4O3. The van der Waals surface area contributed by atoms with Gasteiger partial charge in [-0.3, -0.25) is 4.79 Å². The zero-order valence-corrected chi connectivity index (χ0v) is 15.7. The van der Waals surface area contributed by atoms with Crippen LogP contribution in [-0.4, -0.2) is 36.2 Å². The minimum Gasteiger partial charge on any atom is -0.459 e. The second-order valence-electron chi connectivity index (χ2n) is 6.91. The van der Waals surface area contributed by atoms with E-state index in [9.17, 15) is 9.18 Å². The molecular weight excluding hydrogens is 387 g/mol. The first-order chi connectivity index (χ1) is 13.4. The number of nitrogens with one attached hydrogen (secondary N) is 1. The molecule has 9 heteroatoms. The first kappa shape index (κ1) is 18.6. The Balaban J connectivity index is 1.66. The highest BCUT2D eigenvalue weighted by atomic mass is 35.5. The molecule has 0 bridgehead atoms. The topological polar surface area (TPSA) is 98.8 Å². The number of aliphatic imine (C=N–C) groups is 1. The second kappa shape index (κ2) is 7.03. The van der Waals surface area contributed by atoms with Gasteiger partial charge in [0.1, 0.15) is 17.6 Å². The smallest absolute Gasteiger partial charge is 0.283 e. The Morgan fingerprint density at radius 2 is 2.18 bits per heavy atom. The van der Waals surface area contributed by atoms with E-state index >= 15 is 0 Å². The van der Waals surface area contributed by atoms with Crippen molar-refractivity contribution in [1.82, 2.24) is 4.98 Å². The van der Waals surface area contributed by atoms with Crippen molar-refractivity contribution in [3.8, 4) is 0 Å². The fraction of sp³-hybridized carbons (Fsp3) is 0.316. The summed E-state index contributed by atoms with van der Waals surface area (Å²) in [4.78, 5) is 20.8. The number of amides is 1. The van der Waals surface area contributed by atoms with E-state index in [1.807, 2.05) is 0 Å². The number of pyridine rings is 1. The number of halogens is 2. The van der Waals surface area contributed by atoms with Crippen LogP contribution in [0.1, 0.15) is 23.0 Å². The molecule has 1 aromatic carbocycles. The van der Waals surface area contributed by atoms with Gasteiger partial charge in [-0.15, -0.1) is 0 Å². The molecule has 1 amide bonds. The van der Waals surface area contributed by atoms with Gasteiger partial charge < -0.3 is 20.5 Å². The Morgan fingerprint density at radius 1 is 1.36 bits per heavy atom. The third-order valence-electron chi connectivity index (χ3n) is 5.09. The average Bonchev–Trinajstić information content (AvgIpc) is 3.13. The Kier molecular flexibility index (Phi) is 4.68. The lowest BCUT2D eigenvalue weighted by Crippen LogP contribution is -2.47. The van der Waals surface area contributed by atoms with Gasteiger partial charge in [0, 0.05) is 17.4 Å². The van der Waals surface area contributed by atoms with Gasteiger partial charge in [-0.25, -0.2) is 14.4 Å². The van der Waals surface area contributed by atoms with Crippen molar-refractivity contribution >= 4 is 29.2 Å². The highest BCUT2D eigenvalue weighted by Crippen LogP contribution is 2.43. The van der Waals surface area contributed by atoms with Crippen molar-refractivity contribution < 1.29 is 18.7 Å². The van der Waals surface area contributed by atoms with Gasteiger partial charge in [0.15, 0.2) is 0 Å². The molecule has 1 aromatic heterocycles. The van der Waals surface area contributed by atoms with Gasteiger partial charge in [0.05, 0.1) is 29.7 Å². The summed E-state index contributed by atoms with van der Waals surface area (Å²) in [5.41, 5.74) is 5.75. The molecule has 1 saturated heterocycles. The normalized spacial score (nSPS) is 26.2. The average molecular weight is 405 g/mol. The lowest BCUT2D eigenvalue weighted by Gasteiger charge is -2.38. The molecule has 3 heterocycles. The van der Waals surface area contributed by atoms with E-state index < -0.39 is 17.3 Å². The minimum absolute atomic E-state index is 0.00606. The number of amidine groups is 1. The van der Waals surface area contributed by atoms with Crippen molar-refractivity contribution in [2.75, 3.05) is 18.5 Å². The lowest BCUT2D eigenvalue weighted by molar-refractivity contribution is 0.0817. The summed E-state index contributed by atoms with van der Waals surface area (Å²) in [6.45, 7) is 2.54. The van der Waals surface area contributed by atoms with Gasteiger partial charge in [-0.1, -0.05) is 11.6 Å². The second-order valence-corrected chi connectivity index (χ2v) is 7.34. The van der Waals surface area contributed by atoms with Crippen LogP contribution in [-0.2, 0) is 15.0 Å². The van der Waals surface area contributed by atoms with Gasteiger partial charge in [-0.2, -0.15) is 0 Å². The molecule has 0 radical (unpaired) electrons. The van der Waals surface area contributed by atoms with Crippen LogP contribution in [0.25, 0.3) is 0 Å². The Labute approximate surface area is 165 Å². The number of carbonyl (C=O) groups excluding carboxylic acids is 1. The SMILES string of the molecule is CC1(c2cc(NC(=O)c3ccc(Cl)cn3)ccc2F)N=C(N)OC2COCC21. The molecule has 0 spiro atoms. The number of aromatic nitrogens is 1. The van der Waals surface area contributed by atoms with Gasteiger partial charge in [0.25, 0.3) is 11.9 Å². The highest BCUT2D eigenvalue weighted by Gasteiger charge is 2.50. The van der Waals surface area contributed by atoms with E-state index in [0.717, 1.165) is 0 Å². The molecule has 0 saturated carbocycles. The summed E-state index contributed by atoms with van der Waals surface area (Å²) in [5.74, 6) is -1.08. The largest absolute Gasteiger partial charge is 0.459 e. The third kappa shape index (κ3) is 3.29. The number of hydrogen-bond donors (Lipinski definition) is 2. The molecule has 2 aliphatic rings. The van der Waals surface area contributed by atoms with Crippen LogP contribution in [0.3, 0.4) is 0 Å². The standard InChI is InChI=1S/C19H18ClFN4O3/c1-19(13-8-27-9-16(13)28-18(22)25-19)12-6-11(3-4-14(12)21)24-17(26)15-5-2-10(20)7-23-15/h2-7,13,16H,8-9H2,1H3,(H2,22,25)(H,24,26). The number of rotatable bonds is 3. The van der Waals surface area contributed by atoms with E-state index in [-0.39, 0.29) is 23.7 Å². The fourth-order valence-electron chi connectivity index (χ4n) is 3.62. The fourth-order valence-corrected chi connectivity index (χ4v) is 3.74. The number of nitrogens with two attached hydrogens (primary N) is 1. The minimum atomic E-state index is -0.979. The molecule has 1 fully saturated rings. The number of nitrogens with zero attached hydrogens (tertiary/aromatic N) is 2. The van der Waals surface area contributed by atoms with Crippen LogP contribution in [0.4, 0.5) is 10.1 Å². The molecule has 3 N–H and O–H groups in total. The summed E-state index contributed by atoms with van der Waals surface area (Å²) in [7, 11) is 0. The van der Waals surface area contributed by atoms with Crippen LogP contribution in [0.5, 0.6) is 0 Å². The number of fused-ring (bicyclic) bond motifs is 1. The summed E-state index contributed by atoms with van der Waals surface area (Å²) in [5, 5.41) is 3.15. The first-order valence-corrected chi connectivity index (χ1v) is 9.07. The number of benzene rings is 1. The van der Waals surface area contributed by atoms with Crippen molar-refractivity contribution in [2.45, 2.75) is 18.6 Å². The molecule has 2 aliphatic heterocycles. The predicted molar refractivity (Wildman–Crippen MR) is 102 cm³/mol. The van der Waals surface area contributed by atoms with Crippen molar-refractivity contribution in [3.63, 3.8) is 0 Å². The van der Waals surface area contributed by atoms with Crippen LogP contribution >= 0.6 is 11.6 Å². The molecule has 4 rings (SSSR count). The number of anilines is 1. The van der Waals surface area contributed by atoms with E-state index in [4.69, 9.17) is 26.8 Å². The predicted octanol–water partition coefficient (Wildman–Crippen LogP) is 2.70. The maximum atomic E-state index is 14.8. The maximum Gasteiger partial charge on any atom is 0.283 e. The van der Waals surface area contributed by atoms with Gasteiger partial charge in [0.2, 0.25) is 0 Å². The van der Waals surface area contributed by atoms with Gasteiger partial charge in [-0.05, 0) is 37.3 Å². The Morgan fingerprint density at radius 3 is 2.93 bits per heavy atom. The highest BCUT2D eigenvalue weighted by molar-refractivity contribution is 6.30. The molecule has 7 nitrogen and oxygen atoms in total. The Hall–Kier alpha value is -2.71. The van der Waals surface area contributed by atoms with E-state index in [0.29, 0.717) is 29.5 Å². The number of ether oxygens (including phenoxy) is 2. The molecule has 3 unspecified atom stereocenters. The molecule has 0 aliphatic carbocycles.